The highest BCUT2D eigenvalue weighted by Crippen LogP contribution is 2.31. The zero-order chi connectivity index (χ0) is 21.5. The summed E-state index contributed by atoms with van der Waals surface area (Å²) in [6.07, 6.45) is 0. The molecule has 3 rings (SSSR count). The van der Waals surface area contributed by atoms with E-state index in [1.807, 2.05) is 0 Å². The van der Waals surface area contributed by atoms with E-state index in [1.165, 1.54) is 23.1 Å². The van der Waals surface area contributed by atoms with Gasteiger partial charge >= 0.3 is 12.0 Å². The Kier molecular flexibility index (Phi) is 7.87. The minimum atomic E-state index is -2.46. The maximum absolute atomic E-state index is 12.4. The second-order valence-corrected chi connectivity index (χ2v) is 8.94. The van der Waals surface area contributed by atoms with Crippen molar-refractivity contribution < 1.29 is 23.1 Å². The molecule has 30 heavy (non-hydrogen) atoms. The fraction of sp³-hybridized carbons (Fsp3) is 0.294. The van der Waals surface area contributed by atoms with Crippen molar-refractivity contribution in [2.24, 2.45) is 0 Å². The number of aromatic nitrogens is 2. The smallest absolute Gasteiger partial charge is 0.337 e. The van der Waals surface area contributed by atoms with E-state index in [1.54, 1.807) is 31.2 Å². The molecule has 1 aliphatic rings. The molecule has 0 atom stereocenters. The molecule has 1 aromatic heterocycles. The Balaban J connectivity index is 1.60. The molecule has 1 aromatic carbocycles. The zero-order valence-corrected chi connectivity index (χ0v) is 18.1. The number of benzene rings is 1. The molecule has 3 N–H and O–H groups in total. The molecule has 0 unspecified atom stereocenters. The summed E-state index contributed by atoms with van der Waals surface area (Å²) in [5.74, 6) is -2.63. The van der Waals surface area contributed by atoms with Gasteiger partial charge in [0.15, 0.2) is 4.34 Å². The summed E-state index contributed by atoms with van der Waals surface area (Å²) in [5.41, 5.74) is 1.53. The van der Waals surface area contributed by atoms with Crippen molar-refractivity contribution >= 4 is 57.7 Å². The van der Waals surface area contributed by atoms with E-state index in [4.69, 9.17) is 4.74 Å². The van der Waals surface area contributed by atoms with Gasteiger partial charge in [0.1, 0.15) is 0 Å². The summed E-state index contributed by atoms with van der Waals surface area (Å²) in [6, 6.07) is 6.17. The number of nitrogens with zero attached hydrogens (tertiary/aromatic N) is 2. The maximum atomic E-state index is 12.4. The van der Waals surface area contributed by atoms with Crippen LogP contribution in [0.4, 0.5) is 24.4 Å². The molecular formula is C17H17F2N5O3S3. The van der Waals surface area contributed by atoms with Crippen molar-refractivity contribution in [3.05, 3.63) is 35.5 Å². The SMILES string of the molecule is CCOC(=O)C1=C(CSc2nnc(Nc3ccc(SC(F)F)cc3)s2)NC(=O)NC1. The number of nitrogens with one attached hydrogen (secondary N) is 3. The molecule has 0 fully saturated rings. The number of esters is 1. The van der Waals surface area contributed by atoms with Crippen LogP contribution in [0.3, 0.4) is 0 Å². The van der Waals surface area contributed by atoms with Crippen LogP contribution in [0, 0.1) is 0 Å². The Hall–Kier alpha value is -2.38. The third kappa shape index (κ3) is 6.31. The number of rotatable bonds is 9. The third-order valence-corrected chi connectivity index (χ3v) is 6.37. The molecule has 0 aliphatic carbocycles. The molecule has 1 aliphatic heterocycles. The van der Waals surface area contributed by atoms with Crippen LogP contribution in [0.25, 0.3) is 0 Å². The molecule has 0 radical (unpaired) electrons. The third-order valence-electron chi connectivity index (χ3n) is 3.65. The summed E-state index contributed by atoms with van der Waals surface area (Å²) in [5, 5.41) is 16.9. The van der Waals surface area contributed by atoms with Gasteiger partial charge in [0.25, 0.3) is 5.76 Å². The maximum Gasteiger partial charge on any atom is 0.337 e. The van der Waals surface area contributed by atoms with Crippen LogP contribution >= 0.6 is 34.9 Å². The number of carbonyl (C=O) groups excluding carboxylic acids is 2. The Morgan fingerprint density at radius 2 is 2.10 bits per heavy atom. The van der Waals surface area contributed by atoms with E-state index < -0.39 is 11.7 Å². The van der Waals surface area contributed by atoms with E-state index in [0.717, 1.165) is 0 Å². The van der Waals surface area contributed by atoms with Crippen molar-refractivity contribution in [2.45, 2.75) is 21.9 Å². The number of alkyl halides is 2. The minimum Gasteiger partial charge on any atom is -0.463 e. The monoisotopic (exact) mass is 473 g/mol. The lowest BCUT2D eigenvalue weighted by Crippen LogP contribution is -2.44. The first-order valence-corrected chi connectivity index (χ1v) is 11.3. The summed E-state index contributed by atoms with van der Waals surface area (Å²) in [7, 11) is 0. The van der Waals surface area contributed by atoms with E-state index >= 15 is 0 Å². The van der Waals surface area contributed by atoms with Crippen LogP contribution in [0.2, 0.25) is 0 Å². The van der Waals surface area contributed by atoms with Gasteiger partial charge in [-0.15, -0.1) is 10.2 Å². The average Bonchev–Trinajstić information content (AvgIpc) is 3.15. The first kappa shape index (κ1) is 22.3. The Morgan fingerprint density at radius 1 is 1.33 bits per heavy atom. The number of ether oxygens (including phenoxy) is 1. The first-order chi connectivity index (χ1) is 14.4. The zero-order valence-electron chi connectivity index (χ0n) is 15.6. The highest BCUT2D eigenvalue weighted by Gasteiger charge is 2.24. The van der Waals surface area contributed by atoms with Gasteiger partial charge in [0.05, 0.1) is 18.7 Å². The molecule has 8 nitrogen and oxygen atoms in total. The Labute approximate surface area is 183 Å². The van der Waals surface area contributed by atoms with Crippen molar-refractivity contribution in [3.8, 4) is 0 Å². The van der Waals surface area contributed by atoms with Gasteiger partial charge in [-0.1, -0.05) is 34.9 Å². The standard InChI is InChI=1S/C17H17F2N5O3S3/c1-2-27-13(25)11-7-20-15(26)22-12(11)8-28-17-24-23-16(30-17)21-9-3-5-10(6-4-9)29-14(18)19/h3-6,14H,2,7-8H2,1H3,(H,21,23)(H2,20,22,26). The van der Waals surface area contributed by atoms with E-state index in [-0.39, 0.29) is 19.2 Å². The normalized spacial score (nSPS) is 13.8. The summed E-state index contributed by atoms with van der Waals surface area (Å²) in [6.45, 7) is 2.05. The highest BCUT2D eigenvalue weighted by molar-refractivity contribution is 8.01. The number of hydrogen-bond donors (Lipinski definition) is 3. The largest absolute Gasteiger partial charge is 0.463 e. The number of thioether (sulfide) groups is 2. The van der Waals surface area contributed by atoms with Gasteiger partial charge < -0.3 is 20.7 Å². The van der Waals surface area contributed by atoms with Crippen molar-refractivity contribution in [3.63, 3.8) is 0 Å². The molecule has 0 saturated carbocycles. The number of hydrogen-bond acceptors (Lipinski definition) is 9. The number of halogens is 2. The van der Waals surface area contributed by atoms with E-state index in [2.05, 4.69) is 26.1 Å². The van der Waals surface area contributed by atoms with Crippen molar-refractivity contribution in [1.29, 1.82) is 0 Å². The molecule has 0 saturated heterocycles. The van der Waals surface area contributed by atoms with Crippen LogP contribution in [-0.2, 0) is 9.53 Å². The quantitative estimate of drug-likeness (QED) is 0.373. The van der Waals surface area contributed by atoms with Crippen molar-refractivity contribution in [2.75, 3.05) is 24.2 Å². The molecule has 0 bridgehead atoms. The number of carbonyl (C=O) groups is 2. The second-order valence-electron chi connectivity index (χ2n) is 5.67. The lowest BCUT2D eigenvalue weighted by atomic mass is 10.2. The number of urea groups is 1. The minimum absolute atomic E-state index is 0.101. The Morgan fingerprint density at radius 3 is 2.80 bits per heavy atom. The van der Waals surface area contributed by atoms with E-state index in [9.17, 15) is 18.4 Å². The second kappa shape index (κ2) is 10.6. The first-order valence-electron chi connectivity index (χ1n) is 8.66. The molecule has 2 aromatic rings. The van der Waals surface area contributed by atoms with Crippen LogP contribution in [0.5, 0.6) is 0 Å². The molecule has 160 valence electrons. The molecule has 2 amide bonds. The summed E-state index contributed by atoms with van der Waals surface area (Å²) < 4.78 is 30.4. The Bertz CT molecular complexity index is 937. The van der Waals surface area contributed by atoms with Crippen LogP contribution in [0.15, 0.2) is 44.8 Å². The molecular weight excluding hydrogens is 456 g/mol. The topological polar surface area (TPSA) is 105 Å². The van der Waals surface area contributed by atoms with E-state index in [0.29, 0.717) is 48.8 Å². The van der Waals surface area contributed by atoms with Gasteiger partial charge in [-0.25, -0.2) is 9.59 Å². The van der Waals surface area contributed by atoms with Crippen LogP contribution < -0.4 is 16.0 Å². The molecule has 13 heteroatoms. The van der Waals surface area contributed by atoms with Gasteiger partial charge in [-0.3, -0.25) is 0 Å². The van der Waals surface area contributed by atoms with Crippen LogP contribution in [-0.4, -0.2) is 46.9 Å². The summed E-state index contributed by atoms with van der Waals surface area (Å²) >= 11 is 3.09. The van der Waals surface area contributed by atoms with Gasteiger partial charge in [0, 0.05) is 22.0 Å². The number of amides is 2. The average molecular weight is 474 g/mol. The predicted octanol–water partition coefficient (Wildman–Crippen LogP) is 3.82. The number of anilines is 2. The predicted molar refractivity (Wildman–Crippen MR) is 112 cm³/mol. The van der Waals surface area contributed by atoms with Crippen molar-refractivity contribution in [1.82, 2.24) is 20.8 Å². The van der Waals surface area contributed by atoms with Crippen LogP contribution in [0.1, 0.15) is 6.92 Å². The van der Waals surface area contributed by atoms with Gasteiger partial charge in [-0.2, -0.15) is 8.78 Å². The fourth-order valence-electron chi connectivity index (χ4n) is 2.36. The fourth-order valence-corrected chi connectivity index (χ4v) is 4.62. The highest BCUT2D eigenvalue weighted by atomic mass is 32.2. The lowest BCUT2D eigenvalue weighted by molar-refractivity contribution is -0.138. The molecule has 0 spiro atoms. The van der Waals surface area contributed by atoms with Gasteiger partial charge in [-0.05, 0) is 31.2 Å². The summed E-state index contributed by atoms with van der Waals surface area (Å²) in [4.78, 5) is 24.1. The van der Waals surface area contributed by atoms with Gasteiger partial charge in [0.2, 0.25) is 5.13 Å². The molecule has 2 heterocycles. The lowest BCUT2D eigenvalue weighted by Gasteiger charge is -2.20.